The molecule has 0 aromatic carbocycles. The van der Waals surface area contributed by atoms with Gasteiger partial charge in [0.25, 0.3) is 0 Å². The summed E-state index contributed by atoms with van der Waals surface area (Å²) in [6.45, 7) is 3.37. The van der Waals surface area contributed by atoms with Crippen LogP contribution in [0.2, 0.25) is 0 Å². The fourth-order valence-corrected chi connectivity index (χ4v) is 1.50. The van der Waals surface area contributed by atoms with Gasteiger partial charge in [-0.1, -0.05) is 11.1 Å². The van der Waals surface area contributed by atoms with E-state index in [1.54, 1.807) is 17.8 Å². The summed E-state index contributed by atoms with van der Waals surface area (Å²) in [5.41, 5.74) is 5.95. The normalized spacial score (nSPS) is 11.7. The van der Waals surface area contributed by atoms with Crippen LogP contribution in [-0.2, 0) is 16.1 Å². The first-order valence-corrected chi connectivity index (χ1v) is 6.35. The Kier molecular flexibility index (Phi) is 7.47. The van der Waals surface area contributed by atoms with Crippen LogP contribution in [0, 0.1) is 11.8 Å². The summed E-state index contributed by atoms with van der Waals surface area (Å²) in [5.74, 6) is 4.95. The number of nitrogens with zero attached hydrogens (tertiary/aromatic N) is 3. The minimum Gasteiger partial charge on any atom is -0.381 e. The molecular weight excluding hydrogens is 244 g/mol. The summed E-state index contributed by atoms with van der Waals surface area (Å²) in [4.78, 5) is 11.1. The van der Waals surface area contributed by atoms with Gasteiger partial charge in [0.15, 0.2) is 0 Å². The molecule has 1 heterocycles. The third-order valence-electron chi connectivity index (χ3n) is 2.57. The molecule has 2 N–H and O–H groups in total. The van der Waals surface area contributed by atoms with Gasteiger partial charge in [0.1, 0.15) is 0 Å². The van der Waals surface area contributed by atoms with Crippen LogP contribution in [0.5, 0.6) is 0 Å². The molecule has 0 aliphatic rings. The average Bonchev–Trinajstić information content (AvgIpc) is 2.89. The molecule has 1 atom stereocenters. The van der Waals surface area contributed by atoms with Crippen molar-refractivity contribution in [2.24, 2.45) is 5.73 Å². The molecule has 19 heavy (non-hydrogen) atoms. The van der Waals surface area contributed by atoms with Gasteiger partial charge in [-0.2, -0.15) is 0 Å². The number of nitrogens with two attached hydrogens (primary N) is 1. The predicted molar refractivity (Wildman–Crippen MR) is 71.1 cm³/mol. The highest BCUT2D eigenvalue weighted by Gasteiger charge is 2.04. The van der Waals surface area contributed by atoms with E-state index >= 15 is 0 Å². The van der Waals surface area contributed by atoms with E-state index in [0.717, 1.165) is 19.4 Å². The zero-order valence-corrected chi connectivity index (χ0v) is 11.2. The summed E-state index contributed by atoms with van der Waals surface area (Å²) in [7, 11) is 0. The highest BCUT2D eigenvalue weighted by molar-refractivity contribution is 5.95. The van der Waals surface area contributed by atoms with Crippen LogP contribution in [0.4, 0.5) is 0 Å². The smallest absolute Gasteiger partial charge is 0.207 e. The molecule has 1 unspecified atom stereocenters. The molecule has 0 saturated heterocycles. The molecule has 104 valence electrons. The van der Waals surface area contributed by atoms with Gasteiger partial charge in [0, 0.05) is 31.8 Å². The Morgan fingerprint density at radius 1 is 1.47 bits per heavy atom. The van der Waals surface area contributed by atoms with Crippen LogP contribution < -0.4 is 5.73 Å². The van der Waals surface area contributed by atoms with Crippen molar-refractivity contribution in [1.82, 2.24) is 15.0 Å². The first-order chi connectivity index (χ1) is 9.22. The minimum atomic E-state index is -0.0852. The number of hydrogen-bond donors (Lipinski definition) is 1. The van der Waals surface area contributed by atoms with Gasteiger partial charge in [-0.05, 0) is 25.7 Å². The molecule has 1 aromatic rings. The maximum Gasteiger partial charge on any atom is 0.207 e. The van der Waals surface area contributed by atoms with E-state index in [-0.39, 0.29) is 11.8 Å². The number of Topliss-reactive ketones (excluding diaryl/α,β-unsaturated/α-hetero) is 1. The standard InChI is InChI=1S/C13H20N4O2/c1-2-3-13(18)6-11-19-10-5-12(14)4-8-17-9-7-15-16-17/h7,9,12H,4-6,8,10-11,14H2,1H3. The Labute approximate surface area is 113 Å². The number of ketones is 1. The fraction of sp³-hybridized carbons (Fsp3) is 0.615. The van der Waals surface area contributed by atoms with E-state index in [1.165, 1.54) is 0 Å². The molecule has 0 bridgehead atoms. The fourth-order valence-electron chi connectivity index (χ4n) is 1.50. The van der Waals surface area contributed by atoms with Crippen LogP contribution in [0.15, 0.2) is 12.4 Å². The molecule has 0 spiro atoms. The molecule has 6 heteroatoms. The number of aromatic nitrogens is 3. The molecule has 0 fully saturated rings. The van der Waals surface area contributed by atoms with Crippen LogP contribution in [0.3, 0.4) is 0 Å². The second-order valence-corrected chi connectivity index (χ2v) is 4.16. The van der Waals surface area contributed by atoms with E-state index < -0.39 is 0 Å². The van der Waals surface area contributed by atoms with Crippen LogP contribution in [-0.4, -0.2) is 40.0 Å². The number of carbonyl (C=O) groups is 1. The average molecular weight is 264 g/mol. The van der Waals surface area contributed by atoms with Crippen molar-refractivity contribution in [1.29, 1.82) is 0 Å². The summed E-state index contributed by atoms with van der Waals surface area (Å²) >= 11 is 0. The van der Waals surface area contributed by atoms with Crippen LogP contribution in [0.1, 0.15) is 26.2 Å². The number of carbonyl (C=O) groups excluding carboxylic acids is 1. The van der Waals surface area contributed by atoms with Gasteiger partial charge in [0.2, 0.25) is 5.78 Å². The van der Waals surface area contributed by atoms with Gasteiger partial charge in [-0.15, -0.1) is 5.10 Å². The maximum atomic E-state index is 11.1. The number of aryl methyl sites for hydroxylation is 1. The highest BCUT2D eigenvalue weighted by Crippen LogP contribution is 1.98. The third-order valence-corrected chi connectivity index (χ3v) is 2.57. The molecule has 0 radical (unpaired) electrons. The summed E-state index contributed by atoms with van der Waals surface area (Å²) in [6, 6.07) is 0.0651. The van der Waals surface area contributed by atoms with E-state index in [0.29, 0.717) is 19.6 Å². The van der Waals surface area contributed by atoms with Crippen molar-refractivity contribution in [2.45, 2.75) is 38.8 Å². The van der Waals surface area contributed by atoms with E-state index in [4.69, 9.17) is 10.5 Å². The van der Waals surface area contributed by atoms with Gasteiger partial charge >= 0.3 is 0 Å². The van der Waals surface area contributed by atoms with Gasteiger partial charge in [0.05, 0.1) is 12.8 Å². The lowest BCUT2D eigenvalue weighted by Gasteiger charge is -2.11. The molecule has 1 aromatic heterocycles. The van der Waals surface area contributed by atoms with Crippen molar-refractivity contribution in [3.63, 3.8) is 0 Å². The zero-order valence-electron chi connectivity index (χ0n) is 11.2. The lowest BCUT2D eigenvalue weighted by atomic mass is 10.1. The number of hydrogen-bond acceptors (Lipinski definition) is 5. The van der Waals surface area contributed by atoms with Gasteiger partial charge in [-0.3, -0.25) is 9.48 Å². The molecular formula is C13H20N4O2. The minimum absolute atomic E-state index is 0.0651. The Balaban J connectivity index is 1.99. The quantitative estimate of drug-likeness (QED) is 0.396. The van der Waals surface area contributed by atoms with Gasteiger partial charge < -0.3 is 10.5 Å². The topological polar surface area (TPSA) is 83.0 Å². The molecule has 0 amide bonds. The van der Waals surface area contributed by atoms with Crippen LogP contribution >= 0.6 is 0 Å². The van der Waals surface area contributed by atoms with E-state index in [9.17, 15) is 4.79 Å². The Morgan fingerprint density at radius 2 is 2.32 bits per heavy atom. The Hall–Kier alpha value is -1.71. The predicted octanol–water partition coefficient (Wildman–Crippen LogP) is 0.385. The van der Waals surface area contributed by atoms with Crippen molar-refractivity contribution >= 4 is 5.78 Å². The number of ether oxygens (including phenoxy) is 1. The summed E-state index contributed by atoms with van der Waals surface area (Å²) in [5, 5.41) is 7.59. The van der Waals surface area contributed by atoms with E-state index in [2.05, 4.69) is 22.2 Å². The third kappa shape index (κ3) is 7.34. The second-order valence-electron chi connectivity index (χ2n) is 4.16. The van der Waals surface area contributed by atoms with Crippen molar-refractivity contribution < 1.29 is 9.53 Å². The monoisotopic (exact) mass is 264 g/mol. The first-order valence-electron chi connectivity index (χ1n) is 6.35. The lowest BCUT2D eigenvalue weighted by Crippen LogP contribution is -2.24. The highest BCUT2D eigenvalue weighted by atomic mass is 16.5. The van der Waals surface area contributed by atoms with Crippen molar-refractivity contribution in [2.75, 3.05) is 13.2 Å². The van der Waals surface area contributed by atoms with Gasteiger partial charge in [-0.25, -0.2) is 0 Å². The number of rotatable bonds is 9. The Bertz CT molecular complexity index is 420. The molecule has 1 rings (SSSR count). The molecule has 6 nitrogen and oxygen atoms in total. The van der Waals surface area contributed by atoms with Crippen molar-refractivity contribution in [3.05, 3.63) is 12.4 Å². The van der Waals surface area contributed by atoms with Crippen molar-refractivity contribution in [3.8, 4) is 11.8 Å². The Morgan fingerprint density at radius 3 is 3.00 bits per heavy atom. The SMILES string of the molecule is CC#CC(=O)CCOCCC(N)CCn1ccnn1. The van der Waals surface area contributed by atoms with Crippen LogP contribution in [0.25, 0.3) is 0 Å². The first kappa shape index (κ1) is 15.3. The van der Waals surface area contributed by atoms with E-state index in [1.807, 2.05) is 6.20 Å². The summed E-state index contributed by atoms with van der Waals surface area (Å²) < 4.78 is 7.11. The zero-order chi connectivity index (χ0) is 13.9. The summed E-state index contributed by atoms with van der Waals surface area (Å²) in [6.07, 6.45) is 5.39. The molecule has 0 aliphatic heterocycles. The largest absolute Gasteiger partial charge is 0.381 e. The maximum absolute atomic E-state index is 11.1. The second kappa shape index (κ2) is 9.25. The lowest BCUT2D eigenvalue weighted by molar-refractivity contribution is -0.114. The molecule has 0 saturated carbocycles. The molecule has 0 aliphatic carbocycles.